The van der Waals surface area contributed by atoms with Crippen molar-refractivity contribution in [3.8, 4) is 17.6 Å². The summed E-state index contributed by atoms with van der Waals surface area (Å²) in [4.78, 5) is 29.7. The van der Waals surface area contributed by atoms with Crippen LogP contribution in [0.1, 0.15) is 48.9 Å². The molecule has 0 spiro atoms. The van der Waals surface area contributed by atoms with Crippen molar-refractivity contribution >= 4 is 22.8 Å². The first-order valence-electron chi connectivity index (χ1n) is 12.7. The van der Waals surface area contributed by atoms with Crippen LogP contribution in [0.5, 0.6) is 11.5 Å². The maximum absolute atomic E-state index is 13.2. The monoisotopic (exact) mass is 524 g/mol. The van der Waals surface area contributed by atoms with E-state index in [9.17, 15) is 14.9 Å². The van der Waals surface area contributed by atoms with Crippen LogP contribution in [0.25, 0.3) is 10.9 Å². The Kier molecular flexibility index (Phi) is 6.99. The van der Waals surface area contributed by atoms with Crippen molar-refractivity contribution in [1.29, 1.82) is 5.26 Å². The van der Waals surface area contributed by atoms with E-state index in [0.29, 0.717) is 29.2 Å². The van der Waals surface area contributed by atoms with Crippen molar-refractivity contribution in [2.75, 3.05) is 6.61 Å². The van der Waals surface area contributed by atoms with Gasteiger partial charge in [0.15, 0.2) is 17.4 Å². The first kappa shape index (κ1) is 25.9. The van der Waals surface area contributed by atoms with Crippen LogP contribution in [0.15, 0.2) is 72.9 Å². The van der Waals surface area contributed by atoms with Gasteiger partial charge in [0.2, 0.25) is 0 Å². The van der Waals surface area contributed by atoms with Gasteiger partial charge in [-0.25, -0.2) is 0 Å². The number of nitrogens with zero attached hydrogens (tertiary/aromatic N) is 1. The second-order valence-electron chi connectivity index (χ2n) is 9.68. The summed E-state index contributed by atoms with van der Waals surface area (Å²) in [6.45, 7) is 5.46. The quantitative estimate of drug-likeness (QED) is 0.236. The summed E-state index contributed by atoms with van der Waals surface area (Å²) in [6, 6.07) is 22.4. The Bertz CT molecular complexity index is 1560. The third-order valence-electron chi connectivity index (χ3n) is 6.64. The number of carbonyl (C=O) groups is 2. The number of hydrogen-bond donors (Lipinski definition) is 1. The second kappa shape index (κ2) is 10.5. The lowest BCUT2D eigenvalue weighted by molar-refractivity contribution is -0.240. The van der Waals surface area contributed by atoms with E-state index in [1.54, 1.807) is 36.5 Å². The summed E-state index contributed by atoms with van der Waals surface area (Å²) in [7, 11) is 0. The molecule has 0 bridgehead atoms. The molecule has 198 valence electrons. The van der Waals surface area contributed by atoms with Crippen LogP contribution in [0, 0.1) is 17.2 Å². The van der Waals surface area contributed by atoms with Gasteiger partial charge in [-0.05, 0) is 42.3 Å². The minimum absolute atomic E-state index is 0.172. The van der Waals surface area contributed by atoms with Gasteiger partial charge >= 0.3 is 11.9 Å². The molecule has 8 nitrogen and oxygen atoms in total. The highest BCUT2D eigenvalue weighted by molar-refractivity contribution is 5.99. The molecule has 4 aromatic rings. The number of aromatic amines is 1. The Labute approximate surface area is 226 Å². The molecule has 0 unspecified atom stereocenters. The Morgan fingerprint density at radius 3 is 2.44 bits per heavy atom. The number of nitriles is 1. The topological polar surface area (TPSA) is 111 Å². The summed E-state index contributed by atoms with van der Waals surface area (Å²) in [5.41, 5.74) is 3.56. The summed E-state index contributed by atoms with van der Waals surface area (Å²) in [5, 5.41) is 10.3. The molecule has 1 fully saturated rings. The molecule has 1 aliphatic rings. The zero-order valence-electron chi connectivity index (χ0n) is 21.9. The van der Waals surface area contributed by atoms with Crippen LogP contribution in [0.2, 0.25) is 0 Å². The zero-order chi connectivity index (χ0) is 27.6. The maximum atomic E-state index is 13.2. The van der Waals surface area contributed by atoms with Gasteiger partial charge in [-0.3, -0.25) is 9.59 Å². The Morgan fingerprint density at radius 2 is 1.69 bits per heavy atom. The highest BCUT2D eigenvalue weighted by Crippen LogP contribution is 2.43. The van der Waals surface area contributed by atoms with E-state index in [4.69, 9.17) is 18.9 Å². The summed E-state index contributed by atoms with van der Waals surface area (Å²) < 4.78 is 23.0. The van der Waals surface area contributed by atoms with Crippen molar-refractivity contribution in [3.63, 3.8) is 0 Å². The van der Waals surface area contributed by atoms with Crippen molar-refractivity contribution in [1.82, 2.24) is 4.98 Å². The Balaban J connectivity index is 1.57. The van der Waals surface area contributed by atoms with Crippen LogP contribution in [-0.4, -0.2) is 29.3 Å². The molecule has 3 aromatic carbocycles. The molecule has 1 N–H and O–H groups in total. The van der Waals surface area contributed by atoms with Crippen molar-refractivity contribution in [3.05, 3.63) is 95.2 Å². The third kappa shape index (κ3) is 5.16. The van der Waals surface area contributed by atoms with Crippen LogP contribution >= 0.6 is 0 Å². The van der Waals surface area contributed by atoms with Crippen molar-refractivity contribution < 1.29 is 28.5 Å². The molecule has 39 heavy (non-hydrogen) atoms. The van der Waals surface area contributed by atoms with Crippen molar-refractivity contribution in [2.24, 2.45) is 5.92 Å². The zero-order valence-corrected chi connectivity index (χ0v) is 21.9. The number of fused-ring (bicyclic) bond motifs is 1. The van der Waals surface area contributed by atoms with Gasteiger partial charge in [0, 0.05) is 42.4 Å². The number of hydrogen-bond acceptors (Lipinski definition) is 7. The molecule has 8 heteroatoms. The number of para-hydroxylation sites is 1. The van der Waals surface area contributed by atoms with E-state index in [0.717, 1.165) is 22.0 Å². The van der Waals surface area contributed by atoms with E-state index in [-0.39, 0.29) is 6.61 Å². The van der Waals surface area contributed by atoms with E-state index in [2.05, 4.69) is 11.1 Å². The van der Waals surface area contributed by atoms with Crippen LogP contribution in [0.4, 0.5) is 0 Å². The molecule has 0 aliphatic carbocycles. The Morgan fingerprint density at radius 1 is 0.974 bits per heavy atom. The standard InChI is InChI=1S/C31H28N2O6/c1-4-36-26-15-19(13-14-25(26)37-18-21-10-6-5-9-20(21)16-32)27(23-17-33-24-12-8-7-11-22(23)24)28-29(34)38-31(2,3)39-30(28)35/h5-15,17,27-28,33H,4,18H2,1-3H3/t27-/m0/s1. The average Bonchev–Trinajstić information content (AvgIpc) is 3.33. The van der Waals surface area contributed by atoms with Gasteiger partial charge in [0.1, 0.15) is 6.61 Å². The lowest BCUT2D eigenvalue weighted by Crippen LogP contribution is -2.48. The fraction of sp³-hybridized carbons (Fsp3) is 0.258. The van der Waals surface area contributed by atoms with E-state index < -0.39 is 29.6 Å². The fourth-order valence-corrected chi connectivity index (χ4v) is 4.92. The molecule has 1 atom stereocenters. The second-order valence-corrected chi connectivity index (χ2v) is 9.68. The smallest absolute Gasteiger partial charge is 0.324 e. The number of esters is 2. The lowest BCUT2D eigenvalue weighted by Gasteiger charge is -2.36. The molecule has 1 aromatic heterocycles. The highest BCUT2D eigenvalue weighted by Gasteiger charge is 2.48. The van der Waals surface area contributed by atoms with Gasteiger partial charge < -0.3 is 23.9 Å². The molecule has 1 aliphatic heterocycles. The molecular weight excluding hydrogens is 496 g/mol. The van der Waals surface area contributed by atoms with Gasteiger partial charge in [-0.2, -0.15) is 5.26 Å². The molecule has 5 rings (SSSR count). The summed E-state index contributed by atoms with van der Waals surface area (Å²) in [6.07, 6.45) is 1.80. The first-order valence-corrected chi connectivity index (χ1v) is 12.7. The van der Waals surface area contributed by atoms with Gasteiger partial charge in [0.25, 0.3) is 5.79 Å². The molecule has 0 saturated carbocycles. The maximum Gasteiger partial charge on any atom is 0.324 e. The molecule has 0 radical (unpaired) electrons. The molecule has 1 saturated heterocycles. The number of cyclic esters (lactones) is 2. The number of rotatable bonds is 8. The fourth-order valence-electron chi connectivity index (χ4n) is 4.92. The average molecular weight is 525 g/mol. The number of aromatic nitrogens is 1. The molecular formula is C31H28N2O6. The number of ether oxygens (including phenoxy) is 4. The normalized spacial score (nSPS) is 15.7. The van der Waals surface area contributed by atoms with E-state index in [1.807, 2.05) is 43.3 Å². The van der Waals surface area contributed by atoms with Crippen LogP contribution in [0.3, 0.4) is 0 Å². The molecule has 2 heterocycles. The van der Waals surface area contributed by atoms with Gasteiger partial charge in [-0.1, -0.05) is 42.5 Å². The largest absolute Gasteiger partial charge is 0.490 e. The molecule has 0 amide bonds. The number of benzene rings is 3. The summed E-state index contributed by atoms with van der Waals surface area (Å²) in [5.74, 6) is -3.67. The van der Waals surface area contributed by atoms with Gasteiger partial charge in [0.05, 0.1) is 18.2 Å². The Hall–Kier alpha value is -4.77. The number of nitrogens with one attached hydrogen (secondary N) is 1. The minimum Gasteiger partial charge on any atom is -0.490 e. The SMILES string of the molecule is CCOc1cc([C@@H](c2c[nH]c3ccccc23)C2C(=O)OC(C)(C)OC2=O)ccc1OCc1ccccc1C#N. The number of H-pyrrole nitrogens is 1. The van der Waals surface area contributed by atoms with Crippen molar-refractivity contribution in [2.45, 2.75) is 39.1 Å². The summed E-state index contributed by atoms with van der Waals surface area (Å²) >= 11 is 0. The van der Waals surface area contributed by atoms with Crippen LogP contribution < -0.4 is 9.47 Å². The lowest BCUT2D eigenvalue weighted by atomic mass is 9.80. The van der Waals surface area contributed by atoms with E-state index >= 15 is 0 Å². The predicted molar refractivity (Wildman–Crippen MR) is 143 cm³/mol. The van der Waals surface area contributed by atoms with E-state index in [1.165, 1.54) is 13.8 Å². The highest BCUT2D eigenvalue weighted by atomic mass is 16.7. The predicted octanol–water partition coefficient (Wildman–Crippen LogP) is 5.60. The minimum atomic E-state index is -1.34. The first-order chi connectivity index (χ1) is 18.8. The third-order valence-corrected chi connectivity index (χ3v) is 6.64. The van der Waals surface area contributed by atoms with Gasteiger partial charge in [-0.15, -0.1) is 0 Å². The van der Waals surface area contributed by atoms with Crippen LogP contribution in [-0.2, 0) is 25.7 Å². The number of carbonyl (C=O) groups excluding carboxylic acids is 2.